The van der Waals surface area contributed by atoms with Crippen molar-refractivity contribution in [2.75, 3.05) is 40.3 Å². The van der Waals surface area contributed by atoms with Crippen LogP contribution in [0.3, 0.4) is 0 Å². The van der Waals surface area contributed by atoms with Crippen LogP contribution in [-0.4, -0.2) is 51.2 Å². The molecular weight excluding hydrogens is 360 g/mol. The lowest BCUT2D eigenvalue weighted by Crippen LogP contribution is -2.40. The quantitative estimate of drug-likeness (QED) is 0.533. The van der Waals surface area contributed by atoms with Gasteiger partial charge in [-0.25, -0.2) is 0 Å². The number of rotatable bonds is 8. The standard InChI is InChI=1S/C24H34N4O/c1-19-9-10-22(23(15-19)29-3)17-27-24(25-2)26-16-21-12-14-28(18-21)13-11-20-7-5-4-6-8-20/h4-10,15,21H,11-14,16-18H2,1-3H3,(H2,25,26,27). The molecule has 0 bridgehead atoms. The molecule has 1 saturated heterocycles. The molecule has 0 aliphatic carbocycles. The number of hydrogen-bond acceptors (Lipinski definition) is 3. The monoisotopic (exact) mass is 394 g/mol. The summed E-state index contributed by atoms with van der Waals surface area (Å²) in [7, 11) is 3.54. The average molecular weight is 395 g/mol. The van der Waals surface area contributed by atoms with Crippen molar-refractivity contribution in [2.24, 2.45) is 10.9 Å². The van der Waals surface area contributed by atoms with Crippen LogP contribution in [0, 0.1) is 12.8 Å². The Hall–Kier alpha value is -2.53. The minimum atomic E-state index is 0.665. The molecule has 0 aromatic heterocycles. The van der Waals surface area contributed by atoms with Gasteiger partial charge in [-0.15, -0.1) is 0 Å². The van der Waals surface area contributed by atoms with Gasteiger partial charge in [-0.2, -0.15) is 0 Å². The number of aliphatic imine (C=N–C) groups is 1. The van der Waals surface area contributed by atoms with Crippen molar-refractivity contribution in [2.45, 2.75) is 26.3 Å². The van der Waals surface area contributed by atoms with Crippen molar-refractivity contribution in [1.29, 1.82) is 0 Å². The summed E-state index contributed by atoms with van der Waals surface area (Å²) in [6.45, 7) is 7.20. The van der Waals surface area contributed by atoms with Crippen LogP contribution in [0.2, 0.25) is 0 Å². The summed E-state index contributed by atoms with van der Waals surface area (Å²) in [6, 6.07) is 17.0. The molecule has 2 N–H and O–H groups in total. The van der Waals surface area contributed by atoms with Crippen molar-refractivity contribution < 1.29 is 4.74 Å². The lowest BCUT2D eigenvalue weighted by atomic mass is 10.1. The molecule has 1 heterocycles. The van der Waals surface area contributed by atoms with Crippen molar-refractivity contribution in [3.8, 4) is 5.75 Å². The van der Waals surface area contributed by atoms with E-state index in [0.29, 0.717) is 12.5 Å². The molecule has 1 unspecified atom stereocenters. The van der Waals surface area contributed by atoms with Gasteiger partial charge >= 0.3 is 0 Å². The van der Waals surface area contributed by atoms with Crippen LogP contribution in [0.5, 0.6) is 5.75 Å². The molecular formula is C24H34N4O. The van der Waals surface area contributed by atoms with Crippen LogP contribution in [-0.2, 0) is 13.0 Å². The maximum Gasteiger partial charge on any atom is 0.191 e. The summed E-state index contributed by atoms with van der Waals surface area (Å²) in [6.07, 6.45) is 2.37. The maximum atomic E-state index is 5.49. The number of guanidine groups is 1. The molecule has 0 amide bonds. The summed E-state index contributed by atoms with van der Waals surface area (Å²) in [5.41, 5.74) is 3.75. The van der Waals surface area contributed by atoms with E-state index >= 15 is 0 Å². The Morgan fingerprint density at radius 1 is 1.17 bits per heavy atom. The normalized spacial score (nSPS) is 17.3. The van der Waals surface area contributed by atoms with Gasteiger partial charge in [0.1, 0.15) is 5.75 Å². The third-order valence-corrected chi connectivity index (χ3v) is 5.60. The lowest BCUT2D eigenvalue weighted by molar-refractivity contribution is 0.328. The maximum absolute atomic E-state index is 5.49. The third-order valence-electron chi connectivity index (χ3n) is 5.60. The number of benzene rings is 2. The Kier molecular flexibility index (Phi) is 7.94. The topological polar surface area (TPSA) is 48.9 Å². The smallest absolute Gasteiger partial charge is 0.191 e. The van der Waals surface area contributed by atoms with Gasteiger partial charge in [0.25, 0.3) is 0 Å². The zero-order valence-electron chi connectivity index (χ0n) is 17.9. The molecule has 1 aliphatic rings. The predicted octanol–water partition coefficient (Wildman–Crippen LogP) is 3.23. The highest BCUT2D eigenvalue weighted by molar-refractivity contribution is 5.79. The number of hydrogen-bond donors (Lipinski definition) is 2. The van der Waals surface area contributed by atoms with Crippen molar-refractivity contribution in [3.05, 3.63) is 65.2 Å². The summed E-state index contributed by atoms with van der Waals surface area (Å²) in [4.78, 5) is 6.95. The first-order valence-electron chi connectivity index (χ1n) is 10.5. The van der Waals surface area contributed by atoms with E-state index in [-0.39, 0.29) is 0 Å². The SMILES string of the molecule is CN=C(NCc1ccc(C)cc1OC)NCC1CCN(CCc2ccccc2)C1. The van der Waals surface area contributed by atoms with Gasteiger partial charge in [-0.1, -0.05) is 42.5 Å². The number of nitrogens with zero attached hydrogens (tertiary/aromatic N) is 2. The minimum Gasteiger partial charge on any atom is -0.496 e. The molecule has 5 heteroatoms. The number of ether oxygens (including phenoxy) is 1. The van der Waals surface area contributed by atoms with Crippen molar-refractivity contribution in [3.63, 3.8) is 0 Å². The molecule has 2 aromatic carbocycles. The molecule has 1 atom stereocenters. The number of likely N-dealkylation sites (tertiary alicyclic amines) is 1. The Morgan fingerprint density at radius 2 is 2.00 bits per heavy atom. The molecule has 0 radical (unpaired) electrons. The Labute approximate surface area is 175 Å². The van der Waals surface area contributed by atoms with Crippen LogP contribution in [0.1, 0.15) is 23.1 Å². The van der Waals surface area contributed by atoms with Gasteiger partial charge in [0.2, 0.25) is 0 Å². The first-order chi connectivity index (χ1) is 14.2. The predicted molar refractivity (Wildman–Crippen MR) is 121 cm³/mol. The fourth-order valence-corrected chi connectivity index (χ4v) is 3.85. The number of aryl methyl sites for hydroxylation is 1. The van der Waals surface area contributed by atoms with Crippen LogP contribution >= 0.6 is 0 Å². The lowest BCUT2D eigenvalue weighted by Gasteiger charge is -2.18. The first kappa shape index (κ1) is 21.2. The average Bonchev–Trinajstić information content (AvgIpc) is 3.21. The molecule has 5 nitrogen and oxygen atoms in total. The summed E-state index contributed by atoms with van der Waals surface area (Å²) < 4.78 is 5.49. The fraction of sp³-hybridized carbons (Fsp3) is 0.458. The van der Waals surface area contributed by atoms with Gasteiger partial charge in [0.05, 0.1) is 7.11 Å². The zero-order valence-corrected chi connectivity index (χ0v) is 17.9. The number of nitrogens with one attached hydrogen (secondary N) is 2. The van der Waals surface area contributed by atoms with E-state index in [1.807, 2.05) is 7.05 Å². The first-order valence-corrected chi connectivity index (χ1v) is 10.5. The van der Waals surface area contributed by atoms with Gasteiger partial charge in [0.15, 0.2) is 5.96 Å². The highest BCUT2D eigenvalue weighted by Gasteiger charge is 2.22. The minimum absolute atomic E-state index is 0.665. The molecule has 1 aliphatic heterocycles. The van der Waals surface area contributed by atoms with Gasteiger partial charge in [0, 0.05) is 38.8 Å². The molecule has 0 saturated carbocycles. The Morgan fingerprint density at radius 3 is 2.76 bits per heavy atom. The molecule has 29 heavy (non-hydrogen) atoms. The molecule has 2 aromatic rings. The molecule has 1 fully saturated rings. The van der Waals surface area contributed by atoms with Gasteiger partial charge in [-0.05, 0) is 49.4 Å². The van der Waals surface area contributed by atoms with E-state index < -0.39 is 0 Å². The van der Waals surface area contributed by atoms with E-state index in [1.165, 1.54) is 24.1 Å². The second-order valence-electron chi connectivity index (χ2n) is 7.81. The van der Waals surface area contributed by atoms with Crippen LogP contribution < -0.4 is 15.4 Å². The fourth-order valence-electron chi connectivity index (χ4n) is 3.85. The van der Waals surface area contributed by atoms with Gasteiger partial charge in [-0.3, -0.25) is 4.99 Å². The zero-order chi connectivity index (χ0) is 20.5. The van der Waals surface area contributed by atoms with E-state index in [1.54, 1.807) is 7.11 Å². The second-order valence-corrected chi connectivity index (χ2v) is 7.81. The second kappa shape index (κ2) is 10.9. The molecule has 3 rings (SSSR count). The highest BCUT2D eigenvalue weighted by Crippen LogP contribution is 2.19. The Balaban J connectivity index is 1.40. The van der Waals surface area contributed by atoms with E-state index in [0.717, 1.165) is 43.3 Å². The van der Waals surface area contributed by atoms with Crippen LogP contribution in [0.4, 0.5) is 0 Å². The summed E-state index contributed by atoms with van der Waals surface area (Å²) in [5, 5.41) is 6.90. The summed E-state index contributed by atoms with van der Waals surface area (Å²) in [5.74, 6) is 2.42. The van der Waals surface area contributed by atoms with E-state index in [9.17, 15) is 0 Å². The summed E-state index contributed by atoms with van der Waals surface area (Å²) >= 11 is 0. The largest absolute Gasteiger partial charge is 0.496 e. The van der Waals surface area contributed by atoms with Crippen molar-refractivity contribution >= 4 is 5.96 Å². The van der Waals surface area contributed by atoms with E-state index in [2.05, 4.69) is 76.0 Å². The highest BCUT2D eigenvalue weighted by atomic mass is 16.5. The van der Waals surface area contributed by atoms with Crippen LogP contribution in [0.15, 0.2) is 53.5 Å². The third kappa shape index (κ3) is 6.50. The molecule has 0 spiro atoms. The molecule has 156 valence electrons. The number of methoxy groups -OCH3 is 1. The van der Waals surface area contributed by atoms with E-state index in [4.69, 9.17) is 4.74 Å². The Bertz CT molecular complexity index is 791. The van der Waals surface area contributed by atoms with Crippen LogP contribution in [0.25, 0.3) is 0 Å². The van der Waals surface area contributed by atoms with Gasteiger partial charge < -0.3 is 20.3 Å². The van der Waals surface area contributed by atoms with Crippen molar-refractivity contribution in [1.82, 2.24) is 15.5 Å².